The molecule has 0 atom stereocenters. The number of nitrogens with zero attached hydrogens (tertiary/aromatic N) is 1. The van der Waals surface area contributed by atoms with Crippen molar-refractivity contribution in [3.63, 3.8) is 0 Å². The maximum absolute atomic E-state index is 8.88. The first-order valence-corrected chi connectivity index (χ1v) is 6.49. The molecule has 0 saturated carbocycles. The smallest absolute Gasteiger partial charge is 0.135 e. The molecule has 2 nitrogen and oxygen atoms in total. The van der Waals surface area contributed by atoms with E-state index in [1.165, 1.54) is 0 Å². The predicted molar refractivity (Wildman–Crippen MR) is 79.8 cm³/mol. The van der Waals surface area contributed by atoms with Crippen molar-refractivity contribution in [3.8, 4) is 17.6 Å². The molecule has 0 spiro atoms. The number of rotatable bonds is 3. The number of nitriles is 1. The van der Waals surface area contributed by atoms with Crippen LogP contribution in [0.25, 0.3) is 10.8 Å². The Labute approximate surface area is 117 Å². The highest BCUT2D eigenvalue weighted by atomic mass is 16.5. The molecule has 20 heavy (non-hydrogen) atoms. The van der Waals surface area contributed by atoms with Crippen LogP contribution in [0.4, 0.5) is 0 Å². The summed E-state index contributed by atoms with van der Waals surface area (Å²) in [5.74, 6) is 1.55. The van der Waals surface area contributed by atoms with Gasteiger partial charge in [-0.1, -0.05) is 54.6 Å². The van der Waals surface area contributed by atoms with Crippen molar-refractivity contribution in [2.75, 3.05) is 0 Å². The van der Waals surface area contributed by atoms with Gasteiger partial charge in [0.2, 0.25) is 0 Å². The van der Waals surface area contributed by atoms with E-state index in [-0.39, 0.29) is 0 Å². The van der Waals surface area contributed by atoms with Crippen molar-refractivity contribution < 1.29 is 4.74 Å². The molecule has 0 fully saturated rings. The molecule has 0 unspecified atom stereocenters. The van der Waals surface area contributed by atoms with E-state index < -0.39 is 0 Å². The van der Waals surface area contributed by atoms with E-state index in [0.29, 0.717) is 6.42 Å². The van der Waals surface area contributed by atoms with Crippen molar-refractivity contribution in [1.29, 1.82) is 5.26 Å². The lowest BCUT2D eigenvalue weighted by Gasteiger charge is -2.11. The molecule has 0 aliphatic heterocycles. The summed E-state index contributed by atoms with van der Waals surface area (Å²) in [4.78, 5) is 0. The van der Waals surface area contributed by atoms with Gasteiger partial charge in [0, 0.05) is 10.9 Å². The summed E-state index contributed by atoms with van der Waals surface area (Å²) in [7, 11) is 0. The first-order chi connectivity index (χ1) is 9.88. The summed E-state index contributed by atoms with van der Waals surface area (Å²) in [6.45, 7) is 0. The zero-order chi connectivity index (χ0) is 13.8. The second kappa shape index (κ2) is 5.46. The van der Waals surface area contributed by atoms with E-state index in [2.05, 4.69) is 18.2 Å². The van der Waals surface area contributed by atoms with Crippen molar-refractivity contribution in [2.45, 2.75) is 6.42 Å². The highest BCUT2D eigenvalue weighted by Crippen LogP contribution is 2.31. The standard InChI is InChI=1S/C18H13NO/c19-13-12-15-7-2-4-10-17(15)20-18-11-5-8-14-6-1-3-9-16(14)18/h1-11H,12H2. The summed E-state index contributed by atoms with van der Waals surface area (Å²) in [6, 6.07) is 23.9. The highest BCUT2D eigenvalue weighted by Gasteiger charge is 2.06. The quantitative estimate of drug-likeness (QED) is 0.683. The maximum atomic E-state index is 8.88. The number of hydrogen-bond acceptors (Lipinski definition) is 2. The van der Waals surface area contributed by atoms with E-state index in [1.54, 1.807) is 0 Å². The minimum Gasteiger partial charge on any atom is -0.456 e. The Bertz CT molecular complexity index is 781. The molecule has 0 saturated heterocycles. The van der Waals surface area contributed by atoms with Gasteiger partial charge in [-0.05, 0) is 17.5 Å². The summed E-state index contributed by atoms with van der Waals surface area (Å²) >= 11 is 0. The first kappa shape index (κ1) is 12.3. The number of para-hydroxylation sites is 1. The summed E-state index contributed by atoms with van der Waals surface area (Å²) in [5, 5.41) is 11.1. The van der Waals surface area contributed by atoms with Crippen LogP contribution in [-0.4, -0.2) is 0 Å². The fourth-order valence-electron chi connectivity index (χ4n) is 2.24. The molecule has 96 valence electrons. The third-order valence-corrected chi connectivity index (χ3v) is 3.21. The Hall–Kier alpha value is -2.79. The van der Waals surface area contributed by atoms with Crippen LogP contribution in [0, 0.1) is 11.3 Å². The Balaban J connectivity index is 2.04. The number of ether oxygens (including phenoxy) is 1. The third kappa shape index (κ3) is 2.34. The molecule has 3 rings (SSSR count). The van der Waals surface area contributed by atoms with Crippen LogP contribution < -0.4 is 4.74 Å². The fraction of sp³-hybridized carbons (Fsp3) is 0.0556. The van der Waals surface area contributed by atoms with Gasteiger partial charge in [-0.15, -0.1) is 0 Å². The zero-order valence-corrected chi connectivity index (χ0v) is 10.9. The Morgan fingerprint density at radius 2 is 1.50 bits per heavy atom. The molecule has 0 aromatic heterocycles. The van der Waals surface area contributed by atoms with Crippen LogP contribution in [0.2, 0.25) is 0 Å². The highest BCUT2D eigenvalue weighted by molar-refractivity contribution is 5.88. The fourth-order valence-corrected chi connectivity index (χ4v) is 2.24. The molecule has 0 N–H and O–H groups in total. The van der Waals surface area contributed by atoms with Crippen LogP contribution in [0.15, 0.2) is 66.7 Å². The van der Waals surface area contributed by atoms with E-state index in [4.69, 9.17) is 10.00 Å². The molecular formula is C18H13NO. The monoisotopic (exact) mass is 259 g/mol. The van der Waals surface area contributed by atoms with Gasteiger partial charge in [-0.25, -0.2) is 0 Å². The van der Waals surface area contributed by atoms with Gasteiger partial charge in [0.05, 0.1) is 12.5 Å². The molecule has 0 amide bonds. The first-order valence-electron chi connectivity index (χ1n) is 6.49. The molecule has 0 aliphatic carbocycles. The Morgan fingerprint density at radius 3 is 2.40 bits per heavy atom. The second-order valence-corrected chi connectivity index (χ2v) is 4.52. The number of benzene rings is 3. The molecule has 0 radical (unpaired) electrons. The van der Waals surface area contributed by atoms with Gasteiger partial charge < -0.3 is 4.74 Å². The van der Waals surface area contributed by atoms with Gasteiger partial charge in [-0.3, -0.25) is 0 Å². The van der Waals surface area contributed by atoms with Crippen LogP contribution in [0.3, 0.4) is 0 Å². The van der Waals surface area contributed by atoms with Crippen LogP contribution >= 0.6 is 0 Å². The largest absolute Gasteiger partial charge is 0.456 e. The van der Waals surface area contributed by atoms with Gasteiger partial charge >= 0.3 is 0 Å². The van der Waals surface area contributed by atoms with Crippen molar-refractivity contribution in [3.05, 3.63) is 72.3 Å². The molecule has 3 aromatic rings. The number of hydrogen-bond donors (Lipinski definition) is 0. The SMILES string of the molecule is N#CCc1ccccc1Oc1cccc2ccccc12. The van der Waals surface area contributed by atoms with E-state index in [1.807, 2.05) is 54.6 Å². The second-order valence-electron chi connectivity index (χ2n) is 4.52. The summed E-state index contributed by atoms with van der Waals surface area (Å²) < 4.78 is 6.02. The number of fused-ring (bicyclic) bond motifs is 1. The minimum absolute atomic E-state index is 0.348. The molecule has 2 heteroatoms. The van der Waals surface area contributed by atoms with Crippen molar-refractivity contribution in [1.82, 2.24) is 0 Å². The molecule has 0 aliphatic rings. The van der Waals surface area contributed by atoms with E-state index >= 15 is 0 Å². The maximum Gasteiger partial charge on any atom is 0.135 e. The lowest BCUT2D eigenvalue weighted by molar-refractivity contribution is 0.483. The van der Waals surface area contributed by atoms with E-state index in [9.17, 15) is 0 Å². The van der Waals surface area contributed by atoms with Crippen LogP contribution in [0.1, 0.15) is 5.56 Å². The molecular weight excluding hydrogens is 246 g/mol. The van der Waals surface area contributed by atoms with Gasteiger partial charge in [-0.2, -0.15) is 5.26 Å². The molecule has 0 bridgehead atoms. The minimum atomic E-state index is 0.348. The Kier molecular flexibility index (Phi) is 3.34. The van der Waals surface area contributed by atoms with Gasteiger partial charge in [0.25, 0.3) is 0 Å². The van der Waals surface area contributed by atoms with Gasteiger partial charge in [0.1, 0.15) is 11.5 Å². The van der Waals surface area contributed by atoms with Crippen molar-refractivity contribution in [2.24, 2.45) is 0 Å². The zero-order valence-electron chi connectivity index (χ0n) is 10.9. The topological polar surface area (TPSA) is 33.0 Å². The lowest BCUT2D eigenvalue weighted by atomic mass is 10.1. The van der Waals surface area contributed by atoms with Crippen LogP contribution in [0.5, 0.6) is 11.5 Å². The molecule has 0 heterocycles. The Morgan fingerprint density at radius 1 is 0.800 bits per heavy atom. The predicted octanol–water partition coefficient (Wildman–Crippen LogP) is 4.70. The molecule has 3 aromatic carbocycles. The van der Waals surface area contributed by atoms with Crippen LogP contribution in [-0.2, 0) is 6.42 Å². The average molecular weight is 259 g/mol. The van der Waals surface area contributed by atoms with Crippen molar-refractivity contribution >= 4 is 10.8 Å². The third-order valence-electron chi connectivity index (χ3n) is 3.21. The lowest BCUT2D eigenvalue weighted by Crippen LogP contribution is -1.91. The normalized spacial score (nSPS) is 10.2. The van der Waals surface area contributed by atoms with E-state index in [0.717, 1.165) is 27.8 Å². The van der Waals surface area contributed by atoms with Gasteiger partial charge in [0.15, 0.2) is 0 Å². The summed E-state index contributed by atoms with van der Waals surface area (Å²) in [6.07, 6.45) is 0.348. The average Bonchev–Trinajstić information content (AvgIpc) is 2.50. The summed E-state index contributed by atoms with van der Waals surface area (Å²) in [5.41, 5.74) is 0.905.